The zero-order valence-electron chi connectivity index (χ0n) is 17.9. The molecule has 0 spiro atoms. The van der Waals surface area contributed by atoms with E-state index < -0.39 is 28.8 Å². The van der Waals surface area contributed by atoms with Crippen LogP contribution in [-0.4, -0.2) is 53.9 Å². The fourth-order valence-electron chi connectivity index (χ4n) is 5.69. The first-order valence-corrected chi connectivity index (χ1v) is 10.8. The predicted molar refractivity (Wildman–Crippen MR) is 105 cm³/mol. The van der Waals surface area contributed by atoms with Gasteiger partial charge in [0.2, 0.25) is 0 Å². The Balaban J connectivity index is 0.000000827. The molecule has 30 heavy (non-hydrogen) atoms. The van der Waals surface area contributed by atoms with Crippen LogP contribution in [0.2, 0.25) is 0 Å². The summed E-state index contributed by atoms with van der Waals surface area (Å²) in [5, 5.41) is 30.4. The van der Waals surface area contributed by atoms with E-state index in [4.69, 9.17) is 18.1 Å². The summed E-state index contributed by atoms with van der Waals surface area (Å²) in [5.41, 5.74) is 1.01. The Bertz CT molecular complexity index is 707. The van der Waals surface area contributed by atoms with E-state index in [0.29, 0.717) is 18.4 Å². The molecule has 166 valence electrons. The fourth-order valence-corrected chi connectivity index (χ4v) is 5.69. The molecule has 1 heterocycles. The number of esters is 1. The molecule has 10 heteroatoms. The number of rotatable bonds is 4. The molecule has 0 saturated heterocycles. The quantitative estimate of drug-likeness (QED) is 0.187. The van der Waals surface area contributed by atoms with Gasteiger partial charge in [-0.1, -0.05) is 26.0 Å². The number of hydrogen-bond acceptors (Lipinski definition) is 7. The number of fused-ring (bicyclic) bond motifs is 1. The van der Waals surface area contributed by atoms with Gasteiger partial charge in [-0.05, 0) is 55.8 Å². The van der Waals surface area contributed by atoms with Crippen LogP contribution in [0.4, 0.5) is 0 Å². The molecule has 0 aromatic rings. The Kier molecular flexibility index (Phi) is 10.2. The number of aliphatic hydroxyl groups excluding tert-OH is 3. The van der Waals surface area contributed by atoms with Gasteiger partial charge in [0.15, 0.2) is 0 Å². The van der Waals surface area contributed by atoms with Crippen molar-refractivity contribution in [2.45, 2.75) is 58.5 Å². The first-order valence-electron chi connectivity index (χ1n) is 9.80. The maximum absolute atomic E-state index is 11.8. The molecule has 0 bridgehead atoms. The summed E-state index contributed by atoms with van der Waals surface area (Å²) in [6, 6.07) is 0. The molecule has 0 radical (unpaired) electrons. The normalized spacial score (nSPS) is 36.8. The van der Waals surface area contributed by atoms with Crippen molar-refractivity contribution in [3.63, 3.8) is 0 Å². The second kappa shape index (κ2) is 11.0. The first-order chi connectivity index (χ1) is 13.5. The minimum absolute atomic E-state index is 0. The van der Waals surface area contributed by atoms with Crippen molar-refractivity contribution in [3.8, 4) is 0 Å². The van der Waals surface area contributed by atoms with Crippen LogP contribution in [0, 0.1) is 22.7 Å². The average Bonchev–Trinajstić information content (AvgIpc) is 2.96. The summed E-state index contributed by atoms with van der Waals surface area (Å²) in [7, 11) is 0. The summed E-state index contributed by atoms with van der Waals surface area (Å²) in [4.78, 5) is 11.8. The van der Waals surface area contributed by atoms with Crippen molar-refractivity contribution in [3.05, 3.63) is 23.5 Å². The van der Waals surface area contributed by atoms with Crippen molar-refractivity contribution in [1.29, 1.82) is 0 Å². The SMILES string of the molecule is C=C1CC[C@@H]2[C@](C)(CO)[C@H](O)CC[C@@]2(C)[C@@H]1CCC1=C(O)COC1=O.O=S([O-])O.[Na+]. The molecule has 6 atom stereocenters. The Morgan fingerprint density at radius 2 is 1.93 bits per heavy atom. The zero-order chi connectivity index (χ0) is 22.0. The Morgan fingerprint density at radius 1 is 1.33 bits per heavy atom. The van der Waals surface area contributed by atoms with Crippen LogP contribution >= 0.6 is 0 Å². The van der Waals surface area contributed by atoms with Crippen LogP contribution in [0.25, 0.3) is 0 Å². The van der Waals surface area contributed by atoms with Crippen LogP contribution in [0.1, 0.15) is 52.4 Å². The van der Waals surface area contributed by atoms with Crippen LogP contribution in [0.15, 0.2) is 23.5 Å². The molecular weight excluding hydrogens is 423 g/mol. The Labute approximate surface area is 202 Å². The van der Waals surface area contributed by atoms with Gasteiger partial charge in [-0.2, -0.15) is 0 Å². The van der Waals surface area contributed by atoms with Crippen molar-refractivity contribution in [2.24, 2.45) is 22.7 Å². The summed E-state index contributed by atoms with van der Waals surface area (Å²) < 4.78 is 29.0. The van der Waals surface area contributed by atoms with E-state index in [-0.39, 0.29) is 65.8 Å². The molecule has 0 aromatic carbocycles. The van der Waals surface area contributed by atoms with Gasteiger partial charge in [0.05, 0.1) is 29.6 Å². The van der Waals surface area contributed by atoms with Gasteiger partial charge in [0.25, 0.3) is 0 Å². The van der Waals surface area contributed by atoms with Gasteiger partial charge in [-0.3, -0.25) is 0 Å². The number of ether oxygens (including phenoxy) is 1. The molecular formula is C20H31NaO8S. The molecule has 1 unspecified atom stereocenters. The van der Waals surface area contributed by atoms with Crippen LogP contribution < -0.4 is 29.6 Å². The molecule has 2 fully saturated rings. The minimum Gasteiger partial charge on any atom is -0.750 e. The number of aliphatic hydroxyl groups is 3. The second-order valence-corrected chi connectivity index (χ2v) is 9.22. The number of carbonyl (C=O) groups is 1. The summed E-state index contributed by atoms with van der Waals surface area (Å²) in [6.07, 6.45) is 4.09. The Morgan fingerprint density at radius 3 is 2.43 bits per heavy atom. The fraction of sp³-hybridized carbons (Fsp3) is 0.750. The number of hydrogen-bond donors (Lipinski definition) is 4. The van der Waals surface area contributed by atoms with Gasteiger partial charge in [-0.25, -0.2) is 9.00 Å². The van der Waals surface area contributed by atoms with E-state index in [1.165, 1.54) is 5.57 Å². The maximum atomic E-state index is 11.8. The standard InChI is InChI=1S/C20H30O5.Na.H2O3S/c1-12-4-7-16-19(2,9-8-17(23)20(16,3)11-21)14(12)6-5-13-15(22)10-25-18(13)24;;1-4(2)3/h14,16-17,21-23H,1,4-11H2,2-3H3;;(H2,1,2,3)/q;+1;/p-1/t14-,16+,17-,19+,20+;;/m1../s1. The van der Waals surface area contributed by atoms with Crippen LogP contribution in [0.3, 0.4) is 0 Å². The topological polar surface area (TPSA) is 147 Å². The third kappa shape index (κ3) is 5.56. The smallest absolute Gasteiger partial charge is 0.750 e. The van der Waals surface area contributed by atoms with Crippen LogP contribution in [-0.2, 0) is 20.9 Å². The molecule has 3 aliphatic rings. The van der Waals surface area contributed by atoms with Gasteiger partial charge in [0.1, 0.15) is 12.4 Å². The van der Waals surface area contributed by atoms with Gasteiger partial charge in [0, 0.05) is 5.41 Å². The van der Waals surface area contributed by atoms with E-state index in [2.05, 4.69) is 13.5 Å². The Hall–Kier alpha value is -0.260. The number of allylic oxidation sites excluding steroid dienone is 1. The molecule has 8 nitrogen and oxygen atoms in total. The molecule has 0 aromatic heterocycles. The molecule has 4 N–H and O–H groups in total. The second-order valence-electron chi connectivity index (χ2n) is 8.78. The molecule has 0 amide bonds. The maximum Gasteiger partial charge on any atom is 1.00 e. The van der Waals surface area contributed by atoms with E-state index >= 15 is 0 Å². The van der Waals surface area contributed by atoms with Gasteiger partial charge in [-0.15, -0.1) is 0 Å². The molecule has 2 saturated carbocycles. The van der Waals surface area contributed by atoms with Crippen molar-refractivity contribution in [2.75, 3.05) is 13.2 Å². The first kappa shape index (κ1) is 27.8. The zero-order valence-corrected chi connectivity index (χ0v) is 20.7. The van der Waals surface area contributed by atoms with E-state index in [9.17, 15) is 20.1 Å². The predicted octanol–water partition coefficient (Wildman–Crippen LogP) is -0.780. The summed E-state index contributed by atoms with van der Waals surface area (Å²) >= 11 is -2.86. The largest absolute Gasteiger partial charge is 1.00 e. The van der Waals surface area contributed by atoms with Gasteiger partial charge < -0.3 is 29.2 Å². The van der Waals surface area contributed by atoms with E-state index in [1.807, 2.05) is 6.92 Å². The summed E-state index contributed by atoms with van der Waals surface area (Å²) in [5.74, 6) is 0.0490. The summed E-state index contributed by atoms with van der Waals surface area (Å²) in [6.45, 7) is 8.48. The van der Waals surface area contributed by atoms with Crippen LogP contribution in [0.5, 0.6) is 0 Å². The van der Waals surface area contributed by atoms with Crippen molar-refractivity contribution >= 4 is 17.3 Å². The van der Waals surface area contributed by atoms with E-state index in [1.54, 1.807) is 0 Å². The molecule has 2 aliphatic carbocycles. The van der Waals surface area contributed by atoms with Crippen molar-refractivity contribution in [1.82, 2.24) is 0 Å². The number of cyclic esters (lactones) is 1. The van der Waals surface area contributed by atoms with E-state index in [0.717, 1.165) is 25.7 Å². The third-order valence-corrected chi connectivity index (χ3v) is 7.31. The molecule has 3 rings (SSSR count). The van der Waals surface area contributed by atoms with Crippen molar-refractivity contribution < 1.29 is 67.7 Å². The minimum atomic E-state index is -2.86. The van der Waals surface area contributed by atoms with Gasteiger partial charge >= 0.3 is 35.5 Å². The molecule has 1 aliphatic heterocycles. The monoisotopic (exact) mass is 454 g/mol. The third-order valence-electron chi connectivity index (χ3n) is 7.31. The number of carbonyl (C=O) groups excluding carboxylic acids is 1. The average molecular weight is 455 g/mol.